The fourth-order valence-electron chi connectivity index (χ4n) is 3.40. The lowest BCUT2D eigenvalue weighted by Gasteiger charge is -2.35. The maximum atomic E-state index is 5.79. The predicted molar refractivity (Wildman–Crippen MR) is 92.8 cm³/mol. The molecule has 0 unspecified atom stereocenters. The van der Waals surface area contributed by atoms with E-state index in [2.05, 4.69) is 27.6 Å². The van der Waals surface area contributed by atoms with E-state index in [1.54, 1.807) is 0 Å². The van der Waals surface area contributed by atoms with Gasteiger partial charge in [0.05, 0.1) is 11.6 Å². The Morgan fingerprint density at radius 2 is 2.04 bits per heavy atom. The molecule has 0 radical (unpaired) electrons. The number of ether oxygens (including phenoxy) is 1. The molecule has 1 aromatic heterocycles. The molecule has 0 saturated heterocycles. The number of benzene rings is 1. The number of hydrogen-bond acceptors (Lipinski definition) is 5. The van der Waals surface area contributed by atoms with Crippen molar-refractivity contribution >= 4 is 0 Å². The molecule has 0 amide bonds. The van der Waals surface area contributed by atoms with Crippen LogP contribution < -0.4 is 10.1 Å². The first-order chi connectivity index (χ1) is 11.6. The van der Waals surface area contributed by atoms with Gasteiger partial charge in [0.2, 0.25) is 5.89 Å². The molecule has 2 aromatic rings. The standard InChI is InChI=1S/C19H27N3O2/c1-14(2)23-17-9-7-8-16(12-17)13-20-19(10-5-4-6-11-19)18-21-15(3)24-22-18/h7-9,12,14,20H,4-6,10-11,13H2,1-3H3. The molecule has 1 aromatic carbocycles. The summed E-state index contributed by atoms with van der Waals surface area (Å²) in [5.41, 5.74) is 1.03. The molecule has 1 heterocycles. The third-order valence-electron chi connectivity index (χ3n) is 4.56. The van der Waals surface area contributed by atoms with Crippen LogP contribution in [0.25, 0.3) is 0 Å². The first-order valence-electron chi connectivity index (χ1n) is 8.89. The summed E-state index contributed by atoms with van der Waals surface area (Å²) in [5.74, 6) is 2.34. The third kappa shape index (κ3) is 3.96. The largest absolute Gasteiger partial charge is 0.491 e. The molecule has 0 atom stereocenters. The topological polar surface area (TPSA) is 60.2 Å². The van der Waals surface area contributed by atoms with E-state index in [1.807, 2.05) is 32.9 Å². The normalized spacial score (nSPS) is 17.2. The summed E-state index contributed by atoms with van der Waals surface area (Å²) in [4.78, 5) is 4.51. The summed E-state index contributed by atoms with van der Waals surface area (Å²) >= 11 is 0. The van der Waals surface area contributed by atoms with Gasteiger partial charge in [-0.25, -0.2) is 0 Å². The van der Waals surface area contributed by atoms with Crippen LogP contribution in [0.2, 0.25) is 0 Å². The Bertz CT molecular complexity index is 660. The van der Waals surface area contributed by atoms with Gasteiger partial charge in [0, 0.05) is 13.5 Å². The smallest absolute Gasteiger partial charge is 0.223 e. The van der Waals surface area contributed by atoms with E-state index in [1.165, 1.54) is 24.8 Å². The van der Waals surface area contributed by atoms with E-state index in [9.17, 15) is 0 Å². The number of aryl methyl sites for hydroxylation is 1. The molecule has 1 aliphatic carbocycles. The van der Waals surface area contributed by atoms with Gasteiger partial charge in [-0.15, -0.1) is 0 Å². The summed E-state index contributed by atoms with van der Waals surface area (Å²) in [6, 6.07) is 8.27. The average molecular weight is 329 g/mol. The van der Waals surface area contributed by atoms with Gasteiger partial charge in [0.25, 0.3) is 0 Å². The zero-order valence-corrected chi connectivity index (χ0v) is 14.8. The summed E-state index contributed by atoms with van der Waals surface area (Å²) in [7, 11) is 0. The Morgan fingerprint density at radius 3 is 2.71 bits per heavy atom. The van der Waals surface area contributed by atoms with Gasteiger partial charge in [-0.05, 0) is 44.4 Å². The van der Waals surface area contributed by atoms with Gasteiger partial charge in [0.1, 0.15) is 5.75 Å². The molecule has 24 heavy (non-hydrogen) atoms. The maximum Gasteiger partial charge on any atom is 0.223 e. The van der Waals surface area contributed by atoms with Gasteiger partial charge >= 0.3 is 0 Å². The van der Waals surface area contributed by atoms with Crippen molar-refractivity contribution in [3.05, 3.63) is 41.5 Å². The number of rotatable bonds is 6. The number of hydrogen-bond donors (Lipinski definition) is 1. The minimum absolute atomic E-state index is 0.176. The van der Waals surface area contributed by atoms with Crippen LogP contribution in [0.1, 0.15) is 63.2 Å². The van der Waals surface area contributed by atoms with Crippen LogP contribution in [0.15, 0.2) is 28.8 Å². The summed E-state index contributed by atoms with van der Waals surface area (Å²) in [6.45, 7) is 6.70. The first kappa shape index (κ1) is 17.0. The summed E-state index contributed by atoms with van der Waals surface area (Å²) in [5, 5.41) is 7.93. The van der Waals surface area contributed by atoms with Crippen molar-refractivity contribution in [2.45, 2.75) is 71.1 Å². The van der Waals surface area contributed by atoms with Crippen LogP contribution in [0, 0.1) is 6.92 Å². The zero-order valence-electron chi connectivity index (χ0n) is 14.8. The highest BCUT2D eigenvalue weighted by atomic mass is 16.5. The molecule has 1 N–H and O–H groups in total. The zero-order chi connectivity index (χ0) is 17.0. The summed E-state index contributed by atoms with van der Waals surface area (Å²) in [6.07, 6.45) is 5.94. The van der Waals surface area contributed by atoms with Gasteiger partial charge in [-0.3, -0.25) is 0 Å². The minimum Gasteiger partial charge on any atom is -0.491 e. The number of nitrogens with one attached hydrogen (secondary N) is 1. The minimum atomic E-state index is -0.176. The molecule has 1 saturated carbocycles. The molecule has 5 nitrogen and oxygen atoms in total. The molecule has 1 fully saturated rings. The van der Waals surface area contributed by atoms with Crippen molar-refractivity contribution in [3.8, 4) is 5.75 Å². The Labute approximate surface area is 143 Å². The van der Waals surface area contributed by atoms with Crippen LogP contribution >= 0.6 is 0 Å². The average Bonchev–Trinajstić information content (AvgIpc) is 3.01. The lowest BCUT2D eigenvalue weighted by Crippen LogP contribution is -2.44. The Morgan fingerprint density at radius 1 is 1.25 bits per heavy atom. The molecule has 0 spiro atoms. The second kappa shape index (κ2) is 7.34. The predicted octanol–water partition coefficient (Wildman–Crippen LogP) is 4.11. The molecule has 1 aliphatic rings. The molecular formula is C19H27N3O2. The second-order valence-electron chi connectivity index (χ2n) is 6.95. The van der Waals surface area contributed by atoms with Gasteiger partial charge in [-0.1, -0.05) is 36.6 Å². The highest BCUT2D eigenvalue weighted by molar-refractivity contribution is 5.29. The first-order valence-corrected chi connectivity index (χ1v) is 8.89. The Balaban J connectivity index is 1.74. The Hall–Kier alpha value is -1.88. The van der Waals surface area contributed by atoms with Crippen LogP contribution in [0.3, 0.4) is 0 Å². The lowest BCUT2D eigenvalue weighted by atomic mass is 9.81. The fraction of sp³-hybridized carbons (Fsp3) is 0.579. The highest BCUT2D eigenvalue weighted by Gasteiger charge is 2.37. The second-order valence-corrected chi connectivity index (χ2v) is 6.95. The van der Waals surface area contributed by atoms with E-state index in [4.69, 9.17) is 9.26 Å². The number of aromatic nitrogens is 2. The van der Waals surface area contributed by atoms with Crippen molar-refractivity contribution in [3.63, 3.8) is 0 Å². The molecular weight excluding hydrogens is 302 g/mol. The molecule has 0 aliphatic heterocycles. The van der Waals surface area contributed by atoms with E-state index in [-0.39, 0.29) is 11.6 Å². The summed E-state index contributed by atoms with van der Waals surface area (Å²) < 4.78 is 11.0. The molecule has 130 valence electrons. The van der Waals surface area contributed by atoms with Gasteiger partial charge in [-0.2, -0.15) is 4.98 Å². The highest BCUT2D eigenvalue weighted by Crippen LogP contribution is 2.36. The van der Waals surface area contributed by atoms with Crippen LogP contribution in [0.5, 0.6) is 5.75 Å². The van der Waals surface area contributed by atoms with Crippen LogP contribution in [0.4, 0.5) is 0 Å². The van der Waals surface area contributed by atoms with E-state index >= 15 is 0 Å². The quantitative estimate of drug-likeness (QED) is 0.864. The van der Waals surface area contributed by atoms with E-state index < -0.39 is 0 Å². The van der Waals surface area contributed by atoms with Crippen molar-refractivity contribution < 1.29 is 9.26 Å². The number of nitrogens with zero attached hydrogens (tertiary/aromatic N) is 2. The molecule has 3 rings (SSSR count). The van der Waals surface area contributed by atoms with Crippen molar-refractivity contribution in [2.24, 2.45) is 0 Å². The van der Waals surface area contributed by atoms with Gasteiger partial charge in [0.15, 0.2) is 5.82 Å². The molecule has 0 bridgehead atoms. The van der Waals surface area contributed by atoms with Crippen molar-refractivity contribution in [2.75, 3.05) is 0 Å². The molecule has 5 heteroatoms. The Kier molecular flexibility index (Phi) is 5.19. The van der Waals surface area contributed by atoms with Crippen molar-refractivity contribution in [1.29, 1.82) is 0 Å². The van der Waals surface area contributed by atoms with E-state index in [0.29, 0.717) is 5.89 Å². The van der Waals surface area contributed by atoms with Crippen LogP contribution in [-0.4, -0.2) is 16.2 Å². The van der Waals surface area contributed by atoms with Crippen molar-refractivity contribution in [1.82, 2.24) is 15.5 Å². The monoisotopic (exact) mass is 329 g/mol. The van der Waals surface area contributed by atoms with Crippen LogP contribution in [-0.2, 0) is 12.1 Å². The third-order valence-corrected chi connectivity index (χ3v) is 4.56. The lowest BCUT2D eigenvalue weighted by molar-refractivity contribution is 0.210. The van der Waals surface area contributed by atoms with Gasteiger partial charge < -0.3 is 14.6 Å². The fourth-order valence-corrected chi connectivity index (χ4v) is 3.40. The maximum absolute atomic E-state index is 5.79. The SMILES string of the molecule is Cc1nc(C2(NCc3cccc(OC(C)C)c3)CCCCC2)no1. The van der Waals surface area contributed by atoms with E-state index in [0.717, 1.165) is 31.0 Å².